The molecule has 102 valence electrons. The van der Waals surface area contributed by atoms with Crippen LogP contribution in [0.25, 0.3) is 0 Å². The van der Waals surface area contributed by atoms with Crippen LogP contribution in [0.1, 0.15) is 19.3 Å². The van der Waals surface area contributed by atoms with E-state index >= 15 is 0 Å². The summed E-state index contributed by atoms with van der Waals surface area (Å²) in [7, 11) is 1.65. The van der Waals surface area contributed by atoms with Gasteiger partial charge in [0.15, 0.2) is 5.79 Å². The van der Waals surface area contributed by atoms with E-state index in [4.69, 9.17) is 14.6 Å². The van der Waals surface area contributed by atoms with Gasteiger partial charge in [0.2, 0.25) is 0 Å². The summed E-state index contributed by atoms with van der Waals surface area (Å²) in [6.45, 7) is 3.70. The summed E-state index contributed by atoms with van der Waals surface area (Å²) in [5.74, 6) is -0.688. The zero-order valence-corrected chi connectivity index (χ0v) is 11.1. The molecule has 2 aliphatic rings. The van der Waals surface area contributed by atoms with Gasteiger partial charge in [-0.25, -0.2) is 0 Å². The van der Waals surface area contributed by atoms with Gasteiger partial charge in [-0.1, -0.05) is 17.7 Å². The molecule has 0 aromatic rings. The number of allylic oxidation sites excluding steroid dienone is 2. The molecule has 1 N–H and O–H groups in total. The van der Waals surface area contributed by atoms with Crippen LogP contribution >= 0.6 is 0 Å². The van der Waals surface area contributed by atoms with Gasteiger partial charge in [0.25, 0.3) is 0 Å². The third-order valence-corrected chi connectivity index (χ3v) is 3.56. The molecule has 0 bridgehead atoms. The van der Waals surface area contributed by atoms with Crippen molar-refractivity contribution in [2.24, 2.45) is 0 Å². The number of aliphatic hydroxyl groups is 1. The van der Waals surface area contributed by atoms with Gasteiger partial charge in [0, 0.05) is 20.1 Å². The molecule has 1 fully saturated rings. The Hall–Kier alpha value is -0.680. The largest absolute Gasteiger partial charge is 0.394 e. The maximum atomic E-state index is 8.88. The second kappa shape index (κ2) is 6.48. The van der Waals surface area contributed by atoms with Gasteiger partial charge in [-0.05, 0) is 32.0 Å². The van der Waals surface area contributed by atoms with Crippen LogP contribution in [-0.4, -0.2) is 55.8 Å². The molecule has 0 amide bonds. The van der Waals surface area contributed by atoms with Crippen molar-refractivity contribution in [3.63, 3.8) is 0 Å². The topological polar surface area (TPSA) is 41.9 Å². The molecule has 0 aromatic heterocycles. The Balaban J connectivity index is 1.93. The number of methoxy groups -OCH3 is 1. The van der Waals surface area contributed by atoms with Crippen LogP contribution in [-0.2, 0) is 9.47 Å². The van der Waals surface area contributed by atoms with E-state index in [1.54, 1.807) is 7.11 Å². The predicted molar refractivity (Wildman–Crippen MR) is 70.3 cm³/mol. The van der Waals surface area contributed by atoms with E-state index in [2.05, 4.69) is 11.0 Å². The lowest BCUT2D eigenvalue weighted by atomic mass is 9.98. The third-order valence-electron chi connectivity index (χ3n) is 3.56. The van der Waals surface area contributed by atoms with Crippen LogP contribution in [0.15, 0.2) is 23.8 Å². The fraction of sp³-hybridized carbons (Fsp3) is 0.714. The fourth-order valence-corrected chi connectivity index (χ4v) is 2.62. The predicted octanol–water partition coefficient (Wildman–Crippen LogP) is 1.32. The van der Waals surface area contributed by atoms with Crippen molar-refractivity contribution in [1.29, 1.82) is 0 Å². The Bertz CT molecular complexity index is 321. The van der Waals surface area contributed by atoms with Gasteiger partial charge in [-0.15, -0.1) is 0 Å². The Morgan fingerprint density at radius 3 is 2.83 bits per heavy atom. The molecule has 4 heteroatoms. The summed E-state index contributed by atoms with van der Waals surface area (Å²) >= 11 is 0. The molecule has 1 aliphatic carbocycles. The van der Waals surface area contributed by atoms with Crippen molar-refractivity contribution >= 4 is 0 Å². The first-order valence-corrected chi connectivity index (χ1v) is 6.67. The van der Waals surface area contributed by atoms with Gasteiger partial charge in [-0.3, -0.25) is 4.90 Å². The van der Waals surface area contributed by atoms with E-state index in [-0.39, 0.29) is 6.61 Å². The second-order valence-corrected chi connectivity index (χ2v) is 4.93. The summed E-state index contributed by atoms with van der Waals surface area (Å²) < 4.78 is 11.1. The molecule has 1 atom stereocenters. The molecule has 0 aromatic carbocycles. The number of hydrogen-bond acceptors (Lipinski definition) is 4. The molecule has 1 aliphatic heterocycles. The molecule has 1 saturated heterocycles. The van der Waals surface area contributed by atoms with Crippen LogP contribution in [0.5, 0.6) is 0 Å². The Morgan fingerprint density at radius 2 is 2.17 bits per heavy atom. The molecule has 1 heterocycles. The lowest BCUT2D eigenvalue weighted by molar-refractivity contribution is -0.192. The molecular weight excluding hydrogens is 230 g/mol. The van der Waals surface area contributed by atoms with E-state index in [0.717, 1.165) is 13.0 Å². The highest BCUT2D eigenvalue weighted by molar-refractivity contribution is 5.24. The maximum Gasteiger partial charge on any atom is 0.191 e. The van der Waals surface area contributed by atoms with Crippen LogP contribution in [0.2, 0.25) is 0 Å². The number of likely N-dealkylation sites (tertiary alicyclic amines) is 1. The minimum Gasteiger partial charge on any atom is -0.394 e. The maximum absolute atomic E-state index is 8.88. The zero-order valence-electron chi connectivity index (χ0n) is 11.1. The lowest BCUT2D eigenvalue weighted by Crippen LogP contribution is -2.37. The lowest BCUT2D eigenvalue weighted by Gasteiger charge is -2.33. The number of hydrogen-bond donors (Lipinski definition) is 1. The molecule has 0 saturated carbocycles. The summed E-state index contributed by atoms with van der Waals surface area (Å²) in [5.41, 5.74) is 1.33. The van der Waals surface area contributed by atoms with Crippen LogP contribution < -0.4 is 0 Å². The molecule has 1 unspecified atom stereocenters. The van der Waals surface area contributed by atoms with Gasteiger partial charge < -0.3 is 14.6 Å². The Kier molecular flexibility index (Phi) is 4.95. The number of ether oxygens (including phenoxy) is 2. The summed E-state index contributed by atoms with van der Waals surface area (Å²) in [4.78, 5) is 2.47. The average molecular weight is 253 g/mol. The van der Waals surface area contributed by atoms with Crippen molar-refractivity contribution in [3.8, 4) is 0 Å². The Morgan fingerprint density at radius 1 is 1.39 bits per heavy atom. The van der Waals surface area contributed by atoms with Crippen molar-refractivity contribution in [2.75, 3.05) is 40.0 Å². The summed E-state index contributed by atoms with van der Waals surface area (Å²) in [6, 6.07) is 0. The highest BCUT2D eigenvalue weighted by Gasteiger charge is 2.31. The molecule has 4 nitrogen and oxygen atoms in total. The van der Waals surface area contributed by atoms with Gasteiger partial charge in [0.1, 0.15) is 0 Å². The SMILES string of the molecule is COC1(OCCO)C=CC=C(CN2CCCC2)C1. The molecule has 0 radical (unpaired) electrons. The fourth-order valence-electron chi connectivity index (χ4n) is 2.62. The average Bonchev–Trinajstić information content (AvgIpc) is 2.90. The summed E-state index contributed by atoms with van der Waals surface area (Å²) in [5, 5.41) is 8.88. The summed E-state index contributed by atoms with van der Waals surface area (Å²) in [6.07, 6.45) is 9.43. The van der Waals surface area contributed by atoms with Crippen molar-refractivity contribution in [3.05, 3.63) is 23.8 Å². The smallest absolute Gasteiger partial charge is 0.191 e. The van der Waals surface area contributed by atoms with Crippen molar-refractivity contribution in [1.82, 2.24) is 4.90 Å². The van der Waals surface area contributed by atoms with Gasteiger partial charge in [-0.2, -0.15) is 0 Å². The highest BCUT2D eigenvalue weighted by atomic mass is 16.7. The quantitative estimate of drug-likeness (QED) is 0.725. The van der Waals surface area contributed by atoms with E-state index in [1.165, 1.54) is 31.5 Å². The molecule has 18 heavy (non-hydrogen) atoms. The zero-order chi connectivity index (χ0) is 12.8. The van der Waals surface area contributed by atoms with Gasteiger partial charge in [0.05, 0.1) is 13.2 Å². The van der Waals surface area contributed by atoms with E-state index in [1.807, 2.05) is 12.2 Å². The second-order valence-electron chi connectivity index (χ2n) is 4.93. The van der Waals surface area contributed by atoms with Crippen LogP contribution in [0, 0.1) is 0 Å². The first kappa shape index (κ1) is 13.7. The minimum atomic E-state index is -0.688. The van der Waals surface area contributed by atoms with E-state index in [0.29, 0.717) is 6.61 Å². The monoisotopic (exact) mass is 253 g/mol. The normalized spacial score (nSPS) is 28.7. The van der Waals surface area contributed by atoms with Crippen molar-refractivity contribution in [2.45, 2.75) is 25.0 Å². The molecule has 0 spiro atoms. The molecular formula is C14H23NO3. The number of aliphatic hydroxyl groups excluding tert-OH is 1. The van der Waals surface area contributed by atoms with Crippen molar-refractivity contribution < 1.29 is 14.6 Å². The highest BCUT2D eigenvalue weighted by Crippen LogP contribution is 2.28. The number of rotatable bonds is 6. The first-order chi connectivity index (χ1) is 8.78. The van der Waals surface area contributed by atoms with Crippen LogP contribution in [0.3, 0.4) is 0 Å². The van der Waals surface area contributed by atoms with Gasteiger partial charge >= 0.3 is 0 Å². The number of nitrogens with zero attached hydrogens (tertiary/aromatic N) is 1. The Labute approximate surface area is 109 Å². The first-order valence-electron chi connectivity index (χ1n) is 6.67. The molecule has 2 rings (SSSR count). The van der Waals surface area contributed by atoms with Crippen LogP contribution in [0.4, 0.5) is 0 Å². The standard InChI is InChI=1S/C14H23NO3/c1-17-14(18-10-9-16)6-4-5-13(11-14)12-15-7-2-3-8-15/h4-6,16H,2-3,7-12H2,1H3. The minimum absolute atomic E-state index is 0.0180. The van der Waals surface area contributed by atoms with E-state index in [9.17, 15) is 0 Å². The third kappa shape index (κ3) is 3.42. The van der Waals surface area contributed by atoms with E-state index < -0.39 is 5.79 Å².